The molecular formula is C12H16FIN2O3. The van der Waals surface area contributed by atoms with Gasteiger partial charge in [0.1, 0.15) is 11.5 Å². The second kappa shape index (κ2) is 7.59. The van der Waals surface area contributed by atoms with Gasteiger partial charge in [0.2, 0.25) is 0 Å². The molecular weight excluding hydrogens is 366 g/mol. The van der Waals surface area contributed by atoms with Crippen molar-refractivity contribution in [3.63, 3.8) is 0 Å². The third kappa shape index (κ3) is 4.90. The van der Waals surface area contributed by atoms with Crippen molar-refractivity contribution in [3.8, 4) is 0 Å². The second-order valence-corrected chi connectivity index (χ2v) is 5.56. The summed E-state index contributed by atoms with van der Waals surface area (Å²) >= 11 is 1.72. The summed E-state index contributed by atoms with van der Waals surface area (Å²) in [7, 11) is 0. The van der Waals surface area contributed by atoms with Crippen LogP contribution >= 0.6 is 22.6 Å². The number of anilines is 1. The molecule has 2 N–H and O–H groups in total. The van der Waals surface area contributed by atoms with Gasteiger partial charge in [0.25, 0.3) is 5.69 Å². The Labute approximate surface area is 124 Å². The van der Waals surface area contributed by atoms with Crippen LogP contribution in [0, 0.1) is 25.4 Å². The van der Waals surface area contributed by atoms with Gasteiger partial charge < -0.3 is 10.4 Å². The summed E-state index contributed by atoms with van der Waals surface area (Å²) in [6.07, 6.45) is 1.57. The number of hydrogen-bond acceptors (Lipinski definition) is 4. The van der Waals surface area contributed by atoms with Gasteiger partial charge in [-0.05, 0) is 41.4 Å². The highest BCUT2D eigenvalue weighted by atomic mass is 127. The van der Waals surface area contributed by atoms with Crippen LogP contribution in [0.5, 0.6) is 0 Å². The molecule has 0 bridgehead atoms. The number of aliphatic hydroxyl groups is 1. The van der Waals surface area contributed by atoms with Gasteiger partial charge in [-0.2, -0.15) is 0 Å². The molecule has 0 fully saturated rings. The SMILES string of the molecule is CC(CO)CCCNc1cc(F)c(I)cc1[N+](=O)[O-]. The zero-order chi connectivity index (χ0) is 14.4. The van der Waals surface area contributed by atoms with E-state index in [1.165, 1.54) is 6.07 Å². The summed E-state index contributed by atoms with van der Waals surface area (Å²) in [6.45, 7) is 2.55. The smallest absolute Gasteiger partial charge is 0.293 e. The molecule has 1 aromatic carbocycles. The highest BCUT2D eigenvalue weighted by Crippen LogP contribution is 2.28. The van der Waals surface area contributed by atoms with Crippen LogP contribution in [0.3, 0.4) is 0 Å². The third-order valence-electron chi connectivity index (χ3n) is 2.74. The third-order valence-corrected chi connectivity index (χ3v) is 3.56. The predicted molar refractivity (Wildman–Crippen MR) is 79.7 cm³/mol. The molecule has 0 saturated carbocycles. The maximum atomic E-state index is 13.4. The fraction of sp³-hybridized carbons (Fsp3) is 0.500. The first-order valence-corrected chi connectivity index (χ1v) is 7.01. The molecule has 0 saturated heterocycles. The molecule has 1 atom stereocenters. The van der Waals surface area contributed by atoms with Gasteiger partial charge in [0.15, 0.2) is 0 Å². The van der Waals surface area contributed by atoms with Crippen molar-refractivity contribution in [1.82, 2.24) is 0 Å². The molecule has 0 aliphatic rings. The monoisotopic (exact) mass is 382 g/mol. The van der Waals surface area contributed by atoms with E-state index in [4.69, 9.17) is 5.11 Å². The van der Waals surface area contributed by atoms with Crippen molar-refractivity contribution < 1.29 is 14.4 Å². The van der Waals surface area contributed by atoms with Crippen molar-refractivity contribution >= 4 is 34.0 Å². The van der Waals surface area contributed by atoms with Crippen molar-refractivity contribution in [2.24, 2.45) is 5.92 Å². The summed E-state index contributed by atoms with van der Waals surface area (Å²) in [4.78, 5) is 10.4. The first kappa shape index (κ1) is 16.1. The minimum absolute atomic E-state index is 0.123. The Balaban J connectivity index is 2.67. The lowest BCUT2D eigenvalue weighted by Gasteiger charge is -2.10. The molecule has 0 amide bonds. The number of benzene rings is 1. The molecule has 0 radical (unpaired) electrons. The lowest BCUT2D eigenvalue weighted by Crippen LogP contribution is -2.08. The van der Waals surface area contributed by atoms with Crippen LogP contribution < -0.4 is 5.32 Å². The molecule has 1 rings (SSSR count). The van der Waals surface area contributed by atoms with E-state index < -0.39 is 10.7 Å². The highest BCUT2D eigenvalue weighted by molar-refractivity contribution is 14.1. The Morgan fingerprint density at radius 2 is 2.26 bits per heavy atom. The van der Waals surface area contributed by atoms with Crippen molar-refractivity contribution in [3.05, 3.63) is 31.6 Å². The van der Waals surface area contributed by atoms with Gasteiger partial charge in [-0.1, -0.05) is 6.92 Å². The standard InChI is InChI=1S/C12H16FIN2O3/c1-8(7-17)3-2-4-15-11-5-9(13)10(14)6-12(11)16(18)19/h5-6,8,15,17H,2-4,7H2,1H3. The largest absolute Gasteiger partial charge is 0.396 e. The molecule has 19 heavy (non-hydrogen) atoms. The van der Waals surface area contributed by atoms with Crippen molar-refractivity contribution in [2.45, 2.75) is 19.8 Å². The minimum Gasteiger partial charge on any atom is -0.396 e. The lowest BCUT2D eigenvalue weighted by molar-refractivity contribution is -0.384. The van der Waals surface area contributed by atoms with Crippen LogP contribution in [-0.4, -0.2) is 23.2 Å². The molecule has 1 unspecified atom stereocenters. The van der Waals surface area contributed by atoms with E-state index in [2.05, 4.69) is 5.32 Å². The molecule has 0 aliphatic heterocycles. The van der Waals surface area contributed by atoms with Gasteiger partial charge in [-0.15, -0.1) is 0 Å². The van der Waals surface area contributed by atoms with E-state index in [1.807, 2.05) is 6.92 Å². The van der Waals surface area contributed by atoms with E-state index in [0.29, 0.717) is 6.54 Å². The quantitative estimate of drug-likeness (QED) is 0.329. The highest BCUT2D eigenvalue weighted by Gasteiger charge is 2.17. The summed E-state index contributed by atoms with van der Waals surface area (Å²) in [6, 6.07) is 2.37. The number of nitro benzene ring substituents is 1. The maximum Gasteiger partial charge on any atom is 0.293 e. The van der Waals surface area contributed by atoms with Crippen molar-refractivity contribution in [1.29, 1.82) is 0 Å². The summed E-state index contributed by atoms with van der Waals surface area (Å²) in [5.41, 5.74) is 0.0700. The summed E-state index contributed by atoms with van der Waals surface area (Å²) in [5.74, 6) is -0.275. The molecule has 0 aliphatic carbocycles. The Morgan fingerprint density at radius 1 is 1.58 bits per heavy atom. The molecule has 1 aromatic rings. The van der Waals surface area contributed by atoms with Crippen LogP contribution in [-0.2, 0) is 0 Å². The average Bonchev–Trinajstić information content (AvgIpc) is 2.37. The number of nitrogens with zero attached hydrogens (tertiary/aromatic N) is 1. The van der Waals surface area contributed by atoms with E-state index in [1.54, 1.807) is 22.6 Å². The fourth-order valence-electron chi connectivity index (χ4n) is 1.59. The van der Waals surface area contributed by atoms with Crippen LogP contribution in [0.1, 0.15) is 19.8 Å². The second-order valence-electron chi connectivity index (χ2n) is 4.40. The molecule has 5 nitrogen and oxygen atoms in total. The Kier molecular flexibility index (Phi) is 6.43. The molecule has 7 heteroatoms. The van der Waals surface area contributed by atoms with Crippen LogP contribution in [0.4, 0.5) is 15.8 Å². The van der Waals surface area contributed by atoms with E-state index in [0.717, 1.165) is 18.9 Å². The zero-order valence-electron chi connectivity index (χ0n) is 10.5. The topological polar surface area (TPSA) is 75.4 Å². The van der Waals surface area contributed by atoms with E-state index >= 15 is 0 Å². The maximum absolute atomic E-state index is 13.4. The Morgan fingerprint density at radius 3 is 2.84 bits per heavy atom. The molecule has 0 aromatic heterocycles. The number of hydrogen-bond donors (Lipinski definition) is 2. The molecule has 0 spiro atoms. The molecule has 106 valence electrons. The Hall–Kier alpha value is -0.960. The number of nitro groups is 1. The van der Waals surface area contributed by atoms with Crippen LogP contribution in [0.15, 0.2) is 12.1 Å². The lowest BCUT2D eigenvalue weighted by atomic mass is 10.1. The molecule has 0 heterocycles. The number of aliphatic hydroxyl groups excluding tert-OH is 1. The first-order valence-electron chi connectivity index (χ1n) is 5.94. The minimum atomic E-state index is -0.527. The fourth-order valence-corrected chi connectivity index (χ4v) is 2.04. The van der Waals surface area contributed by atoms with Gasteiger partial charge in [0, 0.05) is 25.3 Å². The normalized spacial score (nSPS) is 12.2. The van der Waals surface area contributed by atoms with Gasteiger partial charge >= 0.3 is 0 Å². The van der Waals surface area contributed by atoms with Crippen LogP contribution in [0.2, 0.25) is 0 Å². The van der Waals surface area contributed by atoms with Gasteiger partial charge in [-0.3, -0.25) is 10.1 Å². The number of nitrogens with one attached hydrogen (secondary N) is 1. The number of halogens is 2. The Bertz CT molecular complexity index is 457. The van der Waals surface area contributed by atoms with E-state index in [9.17, 15) is 14.5 Å². The summed E-state index contributed by atoms with van der Waals surface area (Å²) < 4.78 is 13.6. The average molecular weight is 382 g/mol. The summed E-state index contributed by atoms with van der Waals surface area (Å²) in [5, 5.41) is 22.6. The van der Waals surface area contributed by atoms with Gasteiger partial charge in [-0.25, -0.2) is 4.39 Å². The van der Waals surface area contributed by atoms with Crippen molar-refractivity contribution in [2.75, 3.05) is 18.5 Å². The zero-order valence-corrected chi connectivity index (χ0v) is 12.7. The van der Waals surface area contributed by atoms with E-state index in [-0.39, 0.29) is 27.5 Å². The first-order chi connectivity index (χ1) is 8.95. The van der Waals surface area contributed by atoms with Crippen LogP contribution in [0.25, 0.3) is 0 Å². The van der Waals surface area contributed by atoms with Gasteiger partial charge in [0.05, 0.1) is 8.49 Å². The number of rotatable bonds is 7. The predicted octanol–water partition coefficient (Wildman–Crippen LogP) is 3.16.